The van der Waals surface area contributed by atoms with Gasteiger partial charge in [0.15, 0.2) is 0 Å². The van der Waals surface area contributed by atoms with Gasteiger partial charge in [-0.05, 0) is 30.7 Å². The van der Waals surface area contributed by atoms with Crippen LogP contribution in [0, 0.1) is 6.92 Å². The molecule has 0 saturated heterocycles. The predicted octanol–water partition coefficient (Wildman–Crippen LogP) is 2.61. The maximum atomic E-state index is 12.2. The summed E-state index contributed by atoms with van der Waals surface area (Å²) < 4.78 is 27.3. The van der Waals surface area contributed by atoms with Crippen LogP contribution >= 0.6 is 22.9 Å². The summed E-state index contributed by atoms with van der Waals surface area (Å²) in [5, 5.41) is 0. The van der Waals surface area contributed by atoms with Crippen LogP contribution in [-0.4, -0.2) is 14.3 Å². The number of aryl methyl sites for hydroxylation is 1. The first kappa shape index (κ1) is 14.8. The quantitative estimate of drug-likeness (QED) is 0.903. The summed E-state index contributed by atoms with van der Waals surface area (Å²) in [5.74, 6) is -0.699. The predicted molar refractivity (Wildman–Crippen MR) is 79.8 cm³/mol. The largest absolute Gasteiger partial charge is 0.366 e. The lowest BCUT2D eigenvalue weighted by Gasteiger charge is -2.12. The number of carbonyl (C=O) groups excluding carboxylic acids is 1. The van der Waals surface area contributed by atoms with Gasteiger partial charge in [0.2, 0.25) is 0 Å². The minimum Gasteiger partial charge on any atom is -0.366 e. The van der Waals surface area contributed by atoms with Gasteiger partial charge in [0.05, 0.1) is 15.6 Å². The van der Waals surface area contributed by atoms with Gasteiger partial charge in [-0.15, -0.1) is 11.3 Å². The molecule has 0 spiro atoms. The second-order valence-electron chi connectivity index (χ2n) is 4.03. The molecule has 2 aromatic rings. The molecule has 5 nitrogen and oxygen atoms in total. The molecular weight excluding hydrogens is 320 g/mol. The molecule has 0 atom stereocenters. The van der Waals surface area contributed by atoms with E-state index in [1.54, 1.807) is 19.1 Å². The topological polar surface area (TPSA) is 89.3 Å². The number of rotatable bonds is 4. The van der Waals surface area contributed by atoms with Crippen LogP contribution in [0.25, 0.3) is 0 Å². The standard InChI is InChI=1S/C12H11ClN2O3S2/c1-7-3-2-4-8(12(14)16)11(7)15-20(17,18)10-6-5-9(13)19-10/h2-6,15H,1H3,(H2,14,16). The number of hydrogen-bond donors (Lipinski definition) is 2. The lowest BCUT2D eigenvalue weighted by Crippen LogP contribution is -2.19. The third kappa shape index (κ3) is 2.95. The van der Waals surface area contributed by atoms with Gasteiger partial charge >= 0.3 is 0 Å². The summed E-state index contributed by atoms with van der Waals surface area (Å²) >= 11 is 6.67. The lowest BCUT2D eigenvalue weighted by atomic mass is 10.1. The zero-order valence-corrected chi connectivity index (χ0v) is 12.8. The summed E-state index contributed by atoms with van der Waals surface area (Å²) in [6.45, 7) is 1.69. The molecule has 0 fully saturated rings. The highest BCUT2D eigenvalue weighted by Crippen LogP contribution is 2.29. The average molecular weight is 331 g/mol. The first-order valence-electron chi connectivity index (χ1n) is 5.49. The Morgan fingerprint density at radius 3 is 2.55 bits per heavy atom. The van der Waals surface area contributed by atoms with Crippen LogP contribution in [0.15, 0.2) is 34.5 Å². The third-order valence-electron chi connectivity index (χ3n) is 2.59. The van der Waals surface area contributed by atoms with E-state index in [2.05, 4.69) is 4.72 Å². The summed E-state index contributed by atoms with van der Waals surface area (Å²) in [6.07, 6.45) is 0. The molecule has 0 saturated carbocycles. The van der Waals surface area contributed by atoms with E-state index >= 15 is 0 Å². The number of halogens is 1. The van der Waals surface area contributed by atoms with E-state index < -0.39 is 15.9 Å². The first-order valence-corrected chi connectivity index (χ1v) is 8.16. The van der Waals surface area contributed by atoms with E-state index in [0.29, 0.717) is 9.90 Å². The summed E-state index contributed by atoms with van der Waals surface area (Å²) in [4.78, 5) is 11.4. The molecule has 1 heterocycles. The highest BCUT2D eigenvalue weighted by Gasteiger charge is 2.20. The number of nitrogens with one attached hydrogen (secondary N) is 1. The average Bonchev–Trinajstić information content (AvgIpc) is 2.79. The van der Waals surface area contributed by atoms with Crippen molar-refractivity contribution in [1.82, 2.24) is 0 Å². The molecule has 0 bridgehead atoms. The Hall–Kier alpha value is -1.57. The molecule has 1 aromatic heterocycles. The van der Waals surface area contributed by atoms with Crippen LogP contribution in [0.3, 0.4) is 0 Å². The number of carbonyl (C=O) groups is 1. The fourth-order valence-electron chi connectivity index (χ4n) is 1.64. The van der Waals surface area contributed by atoms with Gasteiger partial charge in [-0.2, -0.15) is 0 Å². The number of para-hydroxylation sites is 1. The number of anilines is 1. The molecule has 0 aliphatic heterocycles. The molecule has 0 unspecified atom stereocenters. The normalized spacial score (nSPS) is 11.3. The molecule has 0 radical (unpaired) electrons. The minimum atomic E-state index is -3.79. The molecule has 8 heteroatoms. The smallest absolute Gasteiger partial charge is 0.271 e. The molecule has 106 valence electrons. The molecule has 0 aliphatic rings. The Kier molecular flexibility index (Phi) is 4.03. The van der Waals surface area contributed by atoms with Crippen molar-refractivity contribution < 1.29 is 13.2 Å². The lowest BCUT2D eigenvalue weighted by molar-refractivity contribution is 0.100. The van der Waals surface area contributed by atoms with Crippen LogP contribution in [0.5, 0.6) is 0 Å². The summed E-state index contributed by atoms with van der Waals surface area (Å²) in [7, 11) is -3.79. The molecule has 20 heavy (non-hydrogen) atoms. The molecule has 0 aliphatic carbocycles. The Balaban J connectivity index is 2.47. The number of thiophene rings is 1. The van der Waals surface area contributed by atoms with Gasteiger partial charge in [0.1, 0.15) is 4.21 Å². The minimum absolute atomic E-state index is 0.0705. The van der Waals surface area contributed by atoms with Gasteiger partial charge < -0.3 is 5.73 Å². The summed E-state index contributed by atoms with van der Waals surface area (Å²) in [5.41, 5.74) is 6.16. The number of nitrogens with two attached hydrogens (primary N) is 1. The Morgan fingerprint density at radius 1 is 1.30 bits per heavy atom. The van der Waals surface area contributed by atoms with Crippen molar-refractivity contribution in [3.8, 4) is 0 Å². The molecule has 1 amide bonds. The second-order valence-corrected chi connectivity index (χ2v) is 7.65. The number of sulfonamides is 1. The van der Waals surface area contributed by atoms with Gasteiger partial charge in [-0.3, -0.25) is 9.52 Å². The second kappa shape index (κ2) is 5.43. The van der Waals surface area contributed by atoms with E-state index in [1.165, 1.54) is 18.2 Å². The Labute approximate surface area is 125 Å². The zero-order chi connectivity index (χ0) is 14.9. The van der Waals surface area contributed by atoms with Crippen molar-refractivity contribution in [3.63, 3.8) is 0 Å². The Morgan fingerprint density at radius 2 is 2.00 bits per heavy atom. The molecule has 1 aromatic carbocycles. The van der Waals surface area contributed by atoms with Crippen molar-refractivity contribution in [2.24, 2.45) is 5.73 Å². The van der Waals surface area contributed by atoms with Crippen molar-refractivity contribution in [2.45, 2.75) is 11.1 Å². The molecule has 2 rings (SSSR count). The SMILES string of the molecule is Cc1cccc(C(N)=O)c1NS(=O)(=O)c1ccc(Cl)s1. The van der Waals surface area contributed by atoms with E-state index in [-0.39, 0.29) is 15.5 Å². The number of benzene rings is 1. The van der Waals surface area contributed by atoms with Gasteiger partial charge in [0.25, 0.3) is 15.9 Å². The highest BCUT2D eigenvalue weighted by molar-refractivity contribution is 7.94. The van der Waals surface area contributed by atoms with Crippen LogP contribution in [0.4, 0.5) is 5.69 Å². The maximum Gasteiger partial charge on any atom is 0.271 e. The Bertz CT molecular complexity index is 769. The zero-order valence-electron chi connectivity index (χ0n) is 10.4. The van der Waals surface area contributed by atoms with Gasteiger partial charge in [0, 0.05) is 0 Å². The monoisotopic (exact) mass is 330 g/mol. The van der Waals surface area contributed by atoms with Crippen LogP contribution in [-0.2, 0) is 10.0 Å². The van der Waals surface area contributed by atoms with E-state index in [4.69, 9.17) is 17.3 Å². The van der Waals surface area contributed by atoms with Crippen molar-refractivity contribution in [1.29, 1.82) is 0 Å². The molecular formula is C12H11ClN2O3S2. The fraction of sp³-hybridized carbons (Fsp3) is 0.0833. The first-order chi connectivity index (χ1) is 9.31. The number of amides is 1. The van der Waals surface area contributed by atoms with Crippen molar-refractivity contribution in [3.05, 3.63) is 45.8 Å². The van der Waals surface area contributed by atoms with E-state index in [9.17, 15) is 13.2 Å². The maximum absolute atomic E-state index is 12.2. The van der Waals surface area contributed by atoms with Crippen molar-refractivity contribution in [2.75, 3.05) is 4.72 Å². The van der Waals surface area contributed by atoms with Gasteiger partial charge in [-0.25, -0.2) is 8.42 Å². The number of hydrogen-bond acceptors (Lipinski definition) is 4. The molecule has 3 N–H and O–H groups in total. The summed E-state index contributed by atoms with van der Waals surface area (Å²) in [6, 6.07) is 7.68. The fourth-order valence-corrected chi connectivity index (χ4v) is 4.27. The van der Waals surface area contributed by atoms with E-state index in [1.807, 2.05) is 0 Å². The highest BCUT2D eigenvalue weighted by atomic mass is 35.5. The van der Waals surface area contributed by atoms with Crippen LogP contribution < -0.4 is 10.5 Å². The van der Waals surface area contributed by atoms with Gasteiger partial charge in [-0.1, -0.05) is 23.7 Å². The van der Waals surface area contributed by atoms with E-state index in [0.717, 1.165) is 11.3 Å². The van der Waals surface area contributed by atoms with Crippen LogP contribution in [0.1, 0.15) is 15.9 Å². The van der Waals surface area contributed by atoms with Crippen LogP contribution in [0.2, 0.25) is 4.34 Å². The van der Waals surface area contributed by atoms with Crippen molar-refractivity contribution >= 4 is 44.6 Å². The third-order valence-corrected chi connectivity index (χ3v) is 5.66. The number of primary amides is 1.